The molecule has 68 valence electrons. The molecule has 0 aliphatic heterocycles. The van der Waals surface area contributed by atoms with Gasteiger partial charge in [0, 0.05) is 5.69 Å². The quantitative estimate of drug-likeness (QED) is 0.565. The molecular weight excluding hydrogens is 164 g/mol. The minimum Gasteiger partial charge on any atom is -0.494 e. The van der Waals surface area contributed by atoms with E-state index >= 15 is 0 Å². The highest BCUT2D eigenvalue weighted by Crippen LogP contribution is 2.15. The van der Waals surface area contributed by atoms with Gasteiger partial charge in [0.25, 0.3) is 0 Å². The fourth-order valence-corrected chi connectivity index (χ4v) is 0.919. The Labute approximate surface area is 77.9 Å². The molecule has 0 aliphatic carbocycles. The molecular formula is C10H12N2O. The first-order valence-electron chi connectivity index (χ1n) is 4.24. The lowest BCUT2D eigenvalue weighted by molar-refractivity contribution is 0.317. The van der Waals surface area contributed by atoms with E-state index in [1.165, 1.54) is 0 Å². The molecule has 1 N–H and O–H groups in total. The number of nitrogens with zero attached hydrogens (tertiary/aromatic N) is 1. The van der Waals surface area contributed by atoms with E-state index in [2.05, 4.69) is 12.2 Å². The number of ether oxygens (including phenoxy) is 1. The van der Waals surface area contributed by atoms with E-state index in [9.17, 15) is 0 Å². The summed E-state index contributed by atoms with van der Waals surface area (Å²) in [6, 6.07) is 7.31. The van der Waals surface area contributed by atoms with Gasteiger partial charge in [0.1, 0.15) is 5.75 Å². The van der Waals surface area contributed by atoms with Crippen molar-refractivity contribution in [2.45, 2.75) is 13.3 Å². The van der Waals surface area contributed by atoms with Crippen molar-refractivity contribution in [1.29, 1.82) is 5.26 Å². The molecule has 13 heavy (non-hydrogen) atoms. The van der Waals surface area contributed by atoms with Crippen LogP contribution in [0, 0.1) is 11.5 Å². The van der Waals surface area contributed by atoms with Gasteiger partial charge in [0.2, 0.25) is 0 Å². The molecule has 1 aromatic carbocycles. The van der Waals surface area contributed by atoms with Crippen molar-refractivity contribution >= 4 is 5.69 Å². The lowest BCUT2D eigenvalue weighted by Crippen LogP contribution is -1.94. The number of nitriles is 1. The Hall–Kier alpha value is -1.69. The average molecular weight is 176 g/mol. The van der Waals surface area contributed by atoms with E-state index in [1.54, 1.807) is 0 Å². The van der Waals surface area contributed by atoms with Crippen LogP contribution in [0.3, 0.4) is 0 Å². The van der Waals surface area contributed by atoms with E-state index in [0.717, 1.165) is 24.5 Å². The Balaban J connectivity index is 2.55. The number of anilines is 1. The van der Waals surface area contributed by atoms with Gasteiger partial charge in [-0.25, -0.2) is 0 Å². The van der Waals surface area contributed by atoms with Crippen LogP contribution in [-0.2, 0) is 0 Å². The maximum Gasteiger partial charge on any atom is 0.181 e. The largest absolute Gasteiger partial charge is 0.494 e. The van der Waals surface area contributed by atoms with Crippen LogP contribution in [0.1, 0.15) is 13.3 Å². The normalized spacial score (nSPS) is 8.92. The summed E-state index contributed by atoms with van der Waals surface area (Å²) in [4.78, 5) is 0. The fraction of sp³-hybridized carbons (Fsp3) is 0.300. The first-order valence-corrected chi connectivity index (χ1v) is 4.24. The van der Waals surface area contributed by atoms with E-state index in [0.29, 0.717) is 0 Å². The van der Waals surface area contributed by atoms with Crippen LogP contribution in [0.4, 0.5) is 5.69 Å². The van der Waals surface area contributed by atoms with Crippen LogP contribution in [0.5, 0.6) is 5.75 Å². The van der Waals surface area contributed by atoms with Gasteiger partial charge in [-0.15, -0.1) is 0 Å². The van der Waals surface area contributed by atoms with Gasteiger partial charge in [0.15, 0.2) is 6.19 Å². The third-order valence-electron chi connectivity index (χ3n) is 1.53. The number of hydrogen-bond acceptors (Lipinski definition) is 3. The van der Waals surface area contributed by atoms with Crippen molar-refractivity contribution in [1.82, 2.24) is 0 Å². The van der Waals surface area contributed by atoms with Gasteiger partial charge in [-0.1, -0.05) is 6.92 Å². The second kappa shape index (κ2) is 5.04. The predicted octanol–water partition coefficient (Wildman–Crippen LogP) is 2.37. The summed E-state index contributed by atoms with van der Waals surface area (Å²) in [5.74, 6) is 0.838. The van der Waals surface area contributed by atoms with Crippen molar-refractivity contribution in [2.24, 2.45) is 0 Å². The van der Waals surface area contributed by atoms with Crippen molar-refractivity contribution in [3.8, 4) is 11.9 Å². The summed E-state index contributed by atoms with van der Waals surface area (Å²) < 4.78 is 5.38. The highest BCUT2D eigenvalue weighted by atomic mass is 16.5. The lowest BCUT2D eigenvalue weighted by Gasteiger charge is -2.04. The van der Waals surface area contributed by atoms with Gasteiger partial charge >= 0.3 is 0 Å². The van der Waals surface area contributed by atoms with E-state index < -0.39 is 0 Å². The topological polar surface area (TPSA) is 45.0 Å². The first kappa shape index (κ1) is 9.40. The van der Waals surface area contributed by atoms with Crippen molar-refractivity contribution in [3.05, 3.63) is 24.3 Å². The number of benzene rings is 1. The van der Waals surface area contributed by atoms with Gasteiger partial charge in [-0.3, -0.25) is 5.32 Å². The van der Waals surface area contributed by atoms with Gasteiger partial charge < -0.3 is 4.74 Å². The molecule has 0 amide bonds. The molecule has 0 aliphatic rings. The smallest absolute Gasteiger partial charge is 0.181 e. The third kappa shape index (κ3) is 3.04. The van der Waals surface area contributed by atoms with Crippen LogP contribution >= 0.6 is 0 Å². The maximum atomic E-state index is 8.34. The van der Waals surface area contributed by atoms with E-state index in [4.69, 9.17) is 10.00 Å². The van der Waals surface area contributed by atoms with Gasteiger partial charge in [-0.05, 0) is 30.7 Å². The van der Waals surface area contributed by atoms with Crippen molar-refractivity contribution < 1.29 is 4.74 Å². The number of rotatable bonds is 4. The summed E-state index contributed by atoms with van der Waals surface area (Å²) in [6.07, 6.45) is 2.85. The van der Waals surface area contributed by atoms with Crippen LogP contribution in [-0.4, -0.2) is 6.61 Å². The molecule has 1 aromatic rings. The zero-order valence-electron chi connectivity index (χ0n) is 7.58. The lowest BCUT2D eigenvalue weighted by atomic mass is 10.3. The Morgan fingerprint density at radius 2 is 2.08 bits per heavy atom. The Morgan fingerprint density at radius 1 is 1.38 bits per heavy atom. The Bertz CT molecular complexity index is 287. The third-order valence-corrected chi connectivity index (χ3v) is 1.53. The van der Waals surface area contributed by atoms with Crippen LogP contribution in [0.2, 0.25) is 0 Å². The highest BCUT2D eigenvalue weighted by Gasteiger charge is 1.92. The summed E-state index contributed by atoms with van der Waals surface area (Å²) >= 11 is 0. The standard InChI is InChI=1S/C10H12N2O/c1-2-7-13-10-5-3-9(4-6-10)12-8-11/h3-6,12H,2,7H2,1H3. The Morgan fingerprint density at radius 3 is 2.62 bits per heavy atom. The molecule has 0 spiro atoms. The highest BCUT2D eigenvalue weighted by molar-refractivity contribution is 5.48. The van der Waals surface area contributed by atoms with Gasteiger partial charge in [-0.2, -0.15) is 5.26 Å². The average Bonchev–Trinajstić information content (AvgIpc) is 2.17. The molecule has 0 atom stereocenters. The predicted molar refractivity (Wildman–Crippen MR) is 51.5 cm³/mol. The molecule has 0 bridgehead atoms. The molecule has 3 nitrogen and oxygen atoms in total. The van der Waals surface area contributed by atoms with Gasteiger partial charge in [0.05, 0.1) is 6.61 Å². The molecule has 0 unspecified atom stereocenters. The van der Waals surface area contributed by atoms with Crippen molar-refractivity contribution in [2.75, 3.05) is 11.9 Å². The minimum atomic E-state index is 0.727. The number of nitrogens with one attached hydrogen (secondary N) is 1. The van der Waals surface area contributed by atoms with E-state index in [-0.39, 0.29) is 0 Å². The monoisotopic (exact) mass is 176 g/mol. The first-order chi connectivity index (χ1) is 6.36. The summed E-state index contributed by atoms with van der Waals surface area (Å²) in [5, 5.41) is 10.9. The summed E-state index contributed by atoms with van der Waals surface area (Å²) in [6.45, 7) is 2.79. The molecule has 0 saturated heterocycles. The van der Waals surface area contributed by atoms with Crippen molar-refractivity contribution in [3.63, 3.8) is 0 Å². The van der Waals surface area contributed by atoms with Crippen LogP contribution in [0.25, 0.3) is 0 Å². The molecule has 0 heterocycles. The summed E-state index contributed by atoms with van der Waals surface area (Å²) in [5.41, 5.74) is 0.784. The summed E-state index contributed by atoms with van der Waals surface area (Å²) in [7, 11) is 0. The zero-order valence-corrected chi connectivity index (χ0v) is 7.58. The molecule has 1 rings (SSSR count). The van der Waals surface area contributed by atoms with E-state index in [1.807, 2.05) is 30.5 Å². The maximum absolute atomic E-state index is 8.34. The minimum absolute atomic E-state index is 0.727. The molecule has 0 fully saturated rings. The second-order valence-corrected chi connectivity index (χ2v) is 2.61. The van der Waals surface area contributed by atoms with Crippen LogP contribution in [0.15, 0.2) is 24.3 Å². The number of hydrogen-bond donors (Lipinski definition) is 1. The zero-order chi connectivity index (χ0) is 9.52. The molecule has 0 radical (unpaired) electrons. The fourth-order valence-electron chi connectivity index (χ4n) is 0.919. The molecule has 3 heteroatoms. The Kier molecular flexibility index (Phi) is 3.65. The SMILES string of the molecule is CCCOc1ccc(NC#N)cc1. The second-order valence-electron chi connectivity index (χ2n) is 2.61. The van der Waals surface area contributed by atoms with Crippen LogP contribution < -0.4 is 10.1 Å². The molecule has 0 saturated carbocycles. The molecule has 0 aromatic heterocycles.